The molecule has 0 saturated carbocycles. The number of hydrogen-bond acceptors (Lipinski definition) is 3. The Hall–Kier alpha value is -1.10. The van der Waals surface area contributed by atoms with Crippen molar-refractivity contribution in [1.29, 1.82) is 0 Å². The highest BCUT2D eigenvalue weighted by Crippen LogP contribution is 2.11. The fraction of sp³-hybridized carbons (Fsp3) is 0.562. The Bertz CT molecular complexity index is 426. The zero-order valence-corrected chi connectivity index (χ0v) is 13.9. The van der Waals surface area contributed by atoms with E-state index in [1.54, 1.807) is 0 Å². The highest BCUT2D eigenvalue weighted by atomic mass is 35.5. The average molecular weight is 315 g/mol. The predicted octanol–water partition coefficient (Wildman–Crippen LogP) is 2.63. The molecule has 0 spiro atoms. The smallest absolute Gasteiger partial charge is 0.237 e. The first kappa shape index (κ1) is 19.9. The summed E-state index contributed by atoms with van der Waals surface area (Å²) in [6.07, 6.45) is 0.898. The lowest BCUT2D eigenvalue weighted by Crippen LogP contribution is -2.44. The van der Waals surface area contributed by atoms with E-state index < -0.39 is 6.04 Å². The molecule has 1 aromatic carbocycles. The van der Waals surface area contributed by atoms with Crippen molar-refractivity contribution in [2.24, 2.45) is 11.7 Å². The Morgan fingerprint density at radius 2 is 1.90 bits per heavy atom. The highest BCUT2D eigenvalue weighted by Gasteiger charge is 2.19. The molecule has 0 saturated heterocycles. The number of ether oxygens (including phenoxy) is 1. The molecule has 0 aliphatic carbocycles. The lowest BCUT2D eigenvalue weighted by Gasteiger charge is -2.18. The summed E-state index contributed by atoms with van der Waals surface area (Å²) in [5.41, 5.74) is 8.10. The van der Waals surface area contributed by atoms with Gasteiger partial charge in [-0.1, -0.05) is 44.5 Å². The Morgan fingerprint density at radius 1 is 1.29 bits per heavy atom. The topological polar surface area (TPSA) is 64.3 Å². The van der Waals surface area contributed by atoms with Crippen LogP contribution in [-0.2, 0) is 22.7 Å². The number of hydrogen-bond donors (Lipinski definition) is 2. The zero-order valence-electron chi connectivity index (χ0n) is 13.1. The van der Waals surface area contributed by atoms with Gasteiger partial charge in [0.15, 0.2) is 0 Å². The third-order valence-electron chi connectivity index (χ3n) is 3.59. The largest absolute Gasteiger partial charge is 0.377 e. The number of rotatable bonds is 8. The van der Waals surface area contributed by atoms with Gasteiger partial charge in [0.05, 0.1) is 12.6 Å². The maximum Gasteiger partial charge on any atom is 0.237 e. The molecule has 5 heteroatoms. The Morgan fingerprint density at radius 3 is 2.48 bits per heavy atom. The van der Waals surface area contributed by atoms with Crippen LogP contribution in [0.25, 0.3) is 0 Å². The van der Waals surface area contributed by atoms with Crippen LogP contribution in [0.1, 0.15) is 38.3 Å². The molecule has 0 radical (unpaired) electrons. The van der Waals surface area contributed by atoms with Crippen molar-refractivity contribution in [3.8, 4) is 0 Å². The third-order valence-corrected chi connectivity index (χ3v) is 3.59. The summed E-state index contributed by atoms with van der Waals surface area (Å²) in [6, 6.07) is 7.52. The van der Waals surface area contributed by atoms with Gasteiger partial charge in [0.1, 0.15) is 0 Å². The molecular formula is C16H27ClN2O2. The summed E-state index contributed by atoms with van der Waals surface area (Å²) in [5.74, 6) is 0.0965. The van der Waals surface area contributed by atoms with Crippen LogP contribution in [0.4, 0.5) is 0 Å². The molecule has 0 aliphatic rings. The van der Waals surface area contributed by atoms with Crippen molar-refractivity contribution in [2.45, 2.75) is 46.4 Å². The van der Waals surface area contributed by atoms with Crippen LogP contribution in [0.2, 0.25) is 0 Å². The van der Waals surface area contributed by atoms with Gasteiger partial charge in [-0.3, -0.25) is 4.79 Å². The van der Waals surface area contributed by atoms with Gasteiger partial charge in [-0.15, -0.1) is 12.4 Å². The van der Waals surface area contributed by atoms with Crippen LogP contribution in [0.15, 0.2) is 24.3 Å². The second-order valence-electron chi connectivity index (χ2n) is 5.03. The van der Waals surface area contributed by atoms with E-state index >= 15 is 0 Å². The van der Waals surface area contributed by atoms with Gasteiger partial charge < -0.3 is 15.8 Å². The van der Waals surface area contributed by atoms with E-state index in [1.807, 2.05) is 45.0 Å². The maximum absolute atomic E-state index is 12.0. The van der Waals surface area contributed by atoms with E-state index in [0.717, 1.165) is 17.5 Å². The Kier molecular flexibility index (Phi) is 10.0. The van der Waals surface area contributed by atoms with Crippen LogP contribution in [0.5, 0.6) is 0 Å². The number of carbonyl (C=O) groups excluding carboxylic acids is 1. The first-order valence-corrected chi connectivity index (χ1v) is 7.27. The standard InChI is InChI=1S/C16H26N2O2.ClH/c1-4-12(3)15(17)16(19)18-10-13-8-6-7-9-14(13)11-20-5-2;/h6-9,12,15H,4-5,10-11,17H2,1-3H3,(H,18,19);1H. The Labute approximate surface area is 133 Å². The van der Waals surface area contributed by atoms with E-state index in [4.69, 9.17) is 10.5 Å². The highest BCUT2D eigenvalue weighted by molar-refractivity contribution is 5.85. The number of halogens is 1. The van der Waals surface area contributed by atoms with Crippen molar-refractivity contribution >= 4 is 18.3 Å². The molecule has 0 fully saturated rings. The zero-order chi connectivity index (χ0) is 15.0. The monoisotopic (exact) mass is 314 g/mol. The number of benzene rings is 1. The summed E-state index contributed by atoms with van der Waals surface area (Å²) < 4.78 is 5.43. The van der Waals surface area contributed by atoms with E-state index in [2.05, 4.69) is 5.32 Å². The van der Waals surface area contributed by atoms with Crippen LogP contribution in [0, 0.1) is 5.92 Å². The van der Waals surface area contributed by atoms with E-state index in [0.29, 0.717) is 19.8 Å². The number of carbonyl (C=O) groups is 1. The summed E-state index contributed by atoms with van der Waals surface area (Å²) in [7, 11) is 0. The third kappa shape index (κ3) is 6.46. The van der Waals surface area contributed by atoms with E-state index in [-0.39, 0.29) is 24.2 Å². The molecule has 1 amide bonds. The Balaban J connectivity index is 0.00000400. The van der Waals surface area contributed by atoms with Crippen molar-refractivity contribution in [1.82, 2.24) is 5.32 Å². The first-order chi connectivity index (χ1) is 9.60. The fourth-order valence-corrected chi connectivity index (χ4v) is 1.90. The van der Waals surface area contributed by atoms with Gasteiger partial charge in [0.25, 0.3) is 0 Å². The van der Waals surface area contributed by atoms with Gasteiger partial charge in [-0.2, -0.15) is 0 Å². The normalized spacial score (nSPS) is 13.1. The van der Waals surface area contributed by atoms with Gasteiger partial charge in [0, 0.05) is 13.2 Å². The van der Waals surface area contributed by atoms with Crippen LogP contribution < -0.4 is 11.1 Å². The molecule has 4 nitrogen and oxygen atoms in total. The van der Waals surface area contributed by atoms with Crippen molar-refractivity contribution in [3.05, 3.63) is 35.4 Å². The van der Waals surface area contributed by atoms with Crippen molar-refractivity contribution < 1.29 is 9.53 Å². The maximum atomic E-state index is 12.0. The molecule has 2 atom stereocenters. The first-order valence-electron chi connectivity index (χ1n) is 7.27. The van der Waals surface area contributed by atoms with Gasteiger partial charge in [-0.25, -0.2) is 0 Å². The van der Waals surface area contributed by atoms with Gasteiger partial charge in [0.2, 0.25) is 5.91 Å². The minimum absolute atomic E-state index is 0. The molecular weight excluding hydrogens is 288 g/mol. The molecule has 0 heterocycles. The SMILES string of the molecule is CCOCc1ccccc1CNC(=O)C(N)C(C)CC.Cl. The summed E-state index contributed by atoms with van der Waals surface area (Å²) in [4.78, 5) is 12.0. The molecule has 2 unspecified atom stereocenters. The molecule has 21 heavy (non-hydrogen) atoms. The quantitative estimate of drug-likeness (QED) is 0.775. The van der Waals surface area contributed by atoms with Gasteiger partial charge in [-0.05, 0) is 24.0 Å². The van der Waals surface area contributed by atoms with Crippen molar-refractivity contribution in [3.63, 3.8) is 0 Å². The lowest BCUT2D eigenvalue weighted by atomic mass is 9.99. The molecule has 0 aliphatic heterocycles. The average Bonchev–Trinajstić information content (AvgIpc) is 2.49. The lowest BCUT2D eigenvalue weighted by molar-refractivity contribution is -0.123. The molecule has 1 aromatic rings. The molecule has 1 rings (SSSR count). The second-order valence-corrected chi connectivity index (χ2v) is 5.03. The number of nitrogens with one attached hydrogen (secondary N) is 1. The molecule has 120 valence electrons. The number of amides is 1. The minimum Gasteiger partial charge on any atom is -0.377 e. The minimum atomic E-state index is -0.445. The molecule has 0 bridgehead atoms. The van der Waals surface area contributed by atoms with Crippen LogP contribution in [0.3, 0.4) is 0 Å². The molecule has 0 aromatic heterocycles. The number of nitrogens with two attached hydrogens (primary N) is 1. The van der Waals surface area contributed by atoms with E-state index in [1.165, 1.54) is 0 Å². The molecule has 3 N–H and O–H groups in total. The van der Waals surface area contributed by atoms with Crippen molar-refractivity contribution in [2.75, 3.05) is 6.61 Å². The van der Waals surface area contributed by atoms with Crippen LogP contribution in [-0.4, -0.2) is 18.6 Å². The summed E-state index contributed by atoms with van der Waals surface area (Å²) in [6.45, 7) is 7.74. The predicted molar refractivity (Wildman–Crippen MR) is 88.3 cm³/mol. The van der Waals surface area contributed by atoms with Crippen LogP contribution >= 0.6 is 12.4 Å². The second kappa shape index (κ2) is 10.6. The summed E-state index contributed by atoms with van der Waals surface area (Å²) in [5, 5.41) is 2.91. The van der Waals surface area contributed by atoms with E-state index in [9.17, 15) is 4.79 Å². The summed E-state index contributed by atoms with van der Waals surface area (Å²) >= 11 is 0. The van der Waals surface area contributed by atoms with Gasteiger partial charge >= 0.3 is 0 Å². The fourth-order valence-electron chi connectivity index (χ4n) is 1.90.